The van der Waals surface area contributed by atoms with Crippen molar-refractivity contribution >= 4 is 15.7 Å². The van der Waals surface area contributed by atoms with Crippen molar-refractivity contribution in [2.45, 2.75) is 11.8 Å². The predicted octanol–water partition coefficient (Wildman–Crippen LogP) is 0.939. The van der Waals surface area contributed by atoms with Gasteiger partial charge in [0.2, 0.25) is 5.91 Å². The number of rotatable bonds is 4. The Morgan fingerprint density at radius 1 is 1.25 bits per heavy atom. The van der Waals surface area contributed by atoms with Crippen molar-refractivity contribution in [3.8, 4) is 0 Å². The van der Waals surface area contributed by atoms with Gasteiger partial charge in [0.25, 0.3) is 0 Å². The summed E-state index contributed by atoms with van der Waals surface area (Å²) in [5.41, 5.74) is 0. The summed E-state index contributed by atoms with van der Waals surface area (Å²) in [5.74, 6) is -0.184. The number of hydrogen-bond donors (Lipinski definition) is 0. The third-order valence-electron chi connectivity index (χ3n) is 2.34. The SMILES string of the molecule is CC(=O)N(C)CCS(=O)(=O)c1ccccc1. The summed E-state index contributed by atoms with van der Waals surface area (Å²) in [6.45, 7) is 1.63. The molecular weight excluding hydrogens is 226 g/mol. The molecule has 0 aliphatic heterocycles. The van der Waals surface area contributed by atoms with Crippen LogP contribution in [0.2, 0.25) is 0 Å². The highest BCUT2D eigenvalue weighted by Crippen LogP contribution is 2.09. The minimum Gasteiger partial charge on any atom is -0.345 e. The number of carbonyl (C=O) groups excluding carboxylic acids is 1. The molecule has 0 saturated heterocycles. The molecule has 0 unspecified atom stereocenters. The maximum Gasteiger partial charge on any atom is 0.219 e. The van der Waals surface area contributed by atoms with Crippen molar-refractivity contribution in [1.82, 2.24) is 4.90 Å². The zero-order valence-corrected chi connectivity index (χ0v) is 10.2. The van der Waals surface area contributed by atoms with Crippen LogP contribution < -0.4 is 0 Å². The highest BCUT2D eigenvalue weighted by atomic mass is 32.2. The Kier molecular flexibility index (Phi) is 4.06. The second kappa shape index (κ2) is 5.12. The van der Waals surface area contributed by atoms with Gasteiger partial charge in [-0.3, -0.25) is 4.79 Å². The van der Waals surface area contributed by atoms with E-state index in [1.54, 1.807) is 37.4 Å². The van der Waals surface area contributed by atoms with Crippen molar-refractivity contribution in [1.29, 1.82) is 0 Å². The summed E-state index contributed by atoms with van der Waals surface area (Å²) in [6.07, 6.45) is 0. The summed E-state index contributed by atoms with van der Waals surface area (Å²) in [4.78, 5) is 12.6. The molecule has 1 aromatic rings. The molecule has 1 rings (SSSR count). The Labute approximate surface area is 95.8 Å². The largest absolute Gasteiger partial charge is 0.345 e. The molecule has 0 atom stereocenters. The number of benzene rings is 1. The van der Waals surface area contributed by atoms with E-state index in [-0.39, 0.29) is 18.2 Å². The molecule has 0 heterocycles. The van der Waals surface area contributed by atoms with E-state index in [1.165, 1.54) is 11.8 Å². The first-order valence-corrected chi connectivity index (χ1v) is 6.58. The summed E-state index contributed by atoms with van der Waals surface area (Å²) >= 11 is 0. The average Bonchev–Trinajstić information content (AvgIpc) is 2.27. The van der Waals surface area contributed by atoms with Crippen molar-refractivity contribution < 1.29 is 13.2 Å². The lowest BCUT2D eigenvalue weighted by atomic mass is 10.4. The Morgan fingerprint density at radius 2 is 1.81 bits per heavy atom. The second-order valence-corrected chi connectivity index (χ2v) is 5.68. The molecule has 5 heteroatoms. The molecule has 0 aliphatic carbocycles. The topological polar surface area (TPSA) is 54.5 Å². The van der Waals surface area contributed by atoms with Crippen LogP contribution >= 0.6 is 0 Å². The quantitative estimate of drug-likeness (QED) is 0.788. The van der Waals surface area contributed by atoms with Crippen LogP contribution in [0.3, 0.4) is 0 Å². The van der Waals surface area contributed by atoms with Gasteiger partial charge in [0.05, 0.1) is 10.6 Å². The molecule has 0 aliphatic rings. The zero-order valence-electron chi connectivity index (χ0n) is 9.38. The Balaban J connectivity index is 2.71. The fraction of sp³-hybridized carbons (Fsp3) is 0.364. The lowest BCUT2D eigenvalue weighted by Gasteiger charge is -2.14. The molecule has 0 N–H and O–H groups in total. The fourth-order valence-electron chi connectivity index (χ4n) is 1.16. The third kappa shape index (κ3) is 3.34. The molecule has 0 radical (unpaired) electrons. The number of sulfone groups is 1. The van der Waals surface area contributed by atoms with Gasteiger partial charge in [-0.05, 0) is 12.1 Å². The van der Waals surface area contributed by atoms with Crippen LogP contribution in [-0.2, 0) is 14.6 Å². The van der Waals surface area contributed by atoms with Gasteiger partial charge in [0.1, 0.15) is 0 Å². The van der Waals surface area contributed by atoms with Gasteiger partial charge in [-0.15, -0.1) is 0 Å². The summed E-state index contributed by atoms with van der Waals surface area (Å²) in [6, 6.07) is 8.25. The van der Waals surface area contributed by atoms with E-state index < -0.39 is 9.84 Å². The van der Waals surface area contributed by atoms with Crippen LogP contribution in [0.25, 0.3) is 0 Å². The first-order valence-electron chi connectivity index (χ1n) is 4.93. The first-order chi connectivity index (χ1) is 7.43. The number of amides is 1. The minimum atomic E-state index is -3.28. The summed E-state index contributed by atoms with van der Waals surface area (Å²) < 4.78 is 23.6. The van der Waals surface area contributed by atoms with Gasteiger partial charge >= 0.3 is 0 Å². The second-order valence-electron chi connectivity index (χ2n) is 3.57. The average molecular weight is 241 g/mol. The molecular formula is C11H15NO3S. The van der Waals surface area contributed by atoms with E-state index >= 15 is 0 Å². The van der Waals surface area contributed by atoms with Crippen LogP contribution in [0.15, 0.2) is 35.2 Å². The van der Waals surface area contributed by atoms with Crippen molar-refractivity contribution in [2.24, 2.45) is 0 Å². The number of hydrogen-bond acceptors (Lipinski definition) is 3. The monoisotopic (exact) mass is 241 g/mol. The van der Waals surface area contributed by atoms with E-state index in [4.69, 9.17) is 0 Å². The van der Waals surface area contributed by atoms with E-state index in [1.807, 2.05) is 0 Å². The van der Waals surface area contributed by atoms with Gasteiger partial charge < -0.3 is 4.90 Å². The van der Waals surface area contributed by atoms with Gasteiger partial charge in [0.15, 0.2) is 9.84 Å². The molecule has 1 aromatic carbocycles. The first kappa shape index (κ1) is 12.7. The number of carbonyl (C=O) groups is 1. The van der Waals surface area contributed by atoms with Crippen LogP contribution in [0.4, 0.5) is 0 Å². The molecule has 16 heavy (non-hydrogen) atoms. The minimum absolute atomic E-state index is 0.0485. The molecule has 0 fully saturated rings. The van der Waals surface area contributed by atoms with Gasteiger partial charge in [0, 0.05) is 20.5 Å². The highest BCUT2D eigenvalue weighted by Gasteiger charge is 2.15. The Hall–Kier alpha value is -1.36. The maximum atomic E-state index is 11.8. The standard InChI is InChI=1S/C11H15NO3S/c1-10(13)12(2)8-9-16(14,15)11-6-4-3-5-7-11/h3-7H,8-9H2,1-2H3. The lowest BCUT2D eigenvalue weighted by molar-refractivity contribution is -0.127. The molecule has 0 bridgehead atoms. The molecule has 4 nitrogen and oxygen atoms in total. The molecule has 0 saturated carbocycles. The summed E-state index contributed by atoms with van der Waals surface area (Å²) in [7, 11) is -1.70. The van der Waals surface area contributed by atoms with E-state index in [9.17, 15) is 13.2 Å². The van der Waals surface area contributed by atoms with E-state index in [0.717, 1.165) is 0 Å². The van der Waals surface area contributed by atoms with Crippen LogP contribution in [0.1, 0.15) is 6.92 Å². The van der Waals surface area contributed by atoms with Crippen LogP contribution in [0.5, 0.6) is 0 Å². The van der Waals surface area contributed by atoms with E-state index in [2.05, 4.69) is 0 Å². The van der Waals surface area contributed by atoms with Crippen molar-refractivity contribution in [3.63, 3.8) is 0 Å². The Bertz CT molecular complexity index is 453. The third-order valence-corrected chi connectivity index (χ3v) is 4.05. The van der Waals surface area contributed by atoms with Gasteiger partial charge in [-0.2, -0.15) is 0 Å². The Morgan fingerprint density at radius 3 is 2.31 bits per heavy atom. The molecule has 0 spiro atoms. The predicted molar refractivity (Wildman–Crippen MR) is 61.8 cm³/mol. The highest BCUT2D eigenvalue weighted by molar-refractivity contribution is 7.91. The maximum absolute atomic E-state index is 11.8. The van der Waals surface area contributed by atoms with Crippen LogP contribution in [-0.4, -0.2) is 38.6 Å². The molecule has 0 aromatic heterocycles. The normalized spacial score (nSPS) is 11.1. The zero-order chi connectivity index (χ0) is 12.2. The summed E-state index contributed by atoms with van der Waals surface area (Å²) in [5, 5.41) is 0. The molecule has 1 amide bonds. The van der Waals surface area contributed by atoms with Gasteiger partial charge in [-0.25, -0.2) is 8.42 Å². The smallest absolute Gasteiger partial charge is 0.219 e. The van der Waals surface area contributed by atoms with E-state index in [0.29, 0.717) is 4.90 Å². The lowest BCUT2D eigenvalue weighted by Crippen LogP contribution is -2.29. The van der Waals surface area contributed by atoms with Crippen molar-refractivity contribution in [3.05, 3.63) is 30.3 Å². The molecule has 88 valence electrons. The van der Waals surface area contributed by atoms with Crippen molar-refractivity contribution in [2.75, 3.05) is 19.3 Å². The fourth-order valence-corrected chi connectivity index (χ4v) is 2.48. The van der Waals surface area contributed by atoms with Crippen LogP contribution in [0, 0.1) is 0 Å². The van der Waals surface area contributed by atoms with Gasteiger partial charge in [-0.1, -0.05) is 18.2 Å². The number of nitrogens with zero attached hydrogens (tertiary/aromatic N) is 1.